The summed E-state index contributed by atoms with van der Waals surface area (Å²) in [6.07, 6.45) is 3.71. The number of carbonyl (C=O) groups excluding carboxylic acids is 2. The third-order valence-electron chi connectivity index (χ3n) is 7.93. The molecular weight excluding hydrogens is 482 g/mol. The zero-order valence-corrected chi connectivity index (χ0v) is 19.7. The van der Waals surface area contributed by atoms with Crippen LogP contribution in [-0.4, -0.2) is 36.8 Å². The average Bonchev–Trinajstić information content (AvgIpc) is 2.79. The van der Waals surface area contributed by atoms with Crippen LogP contribution in [0.1, 0.15) is 44.1 Å². The summed E-state index contributed by atoms with van der Waals surface area (Å²) in [7, 11) is -5.94. The smallest absolute Gasteiger partial charge is 0.460 e. The predicted octanol–water partition coefficient (Wildman–Crippen LogP) is 4.49. The summed E-state index contributed by atoms with van der Waals surface area (Å²) >= 11 is 0. The molecule has 0 aromatic heterocycles. The minimum Gasteiger partial charge on any atom is -0.460 e. The van der Waals surface area contributed by atoms with Crippen LogP contribution in [0.2, 0.25) is 0 Å². The van der Waals surface area contributed by atoms with Gasteiger partial charge in [0.15, 0.2) is 0 Å². The molecule has 4 aliphatic carbocycles. The van der Waals surface area contributed by atoms with Gasteiger partial charge < -0.3 is 9.47 Å². The Bertz CT molecular complexity index is 1270. The number of carbonyl (C=O) groups is 2. The molecule has 0 amide bonds. The second-order valence-corrected chi connectivity index (χ2v) is 12.0. The van der Waals surface area contributed by atoms with Crippen LogP contribution >= 0.6 is 0 Å². The van der Waals surface area contributed by atoms with Crippen LogP contribution in [0, 0.1) is 22.7 Å². The molecule has 10 heteroatoms. The lowest BCUT2D eigenvalue weighted by Crippen LogP contribution is -2.57. The van der Waals surface area contributed by atoms with E-state index in [1.165, 1.54) is 0 Å². The summed E-state index contributed by atoms with van der Waals surface area (Å²) in [4.78, 5) is 25.2. The lowest BCUT2D eigenvalue weighted by atomic mass is 9.44. The molecule has 2 aromatic rings. The summed E-state index contributed by atoms with van der Waals surface area (Å²) in [5.41, 5.74) is -0.600. The van der Waals surface area contributed by atoms with Crippen molar-refractivity contribution in [3.05, 3.63) is 48.0 Å². The Kier molecular flexibility index (Phi) is 5.67. The van der Waals surface area contributed by atoms with Gasteiger partial charge in [-0.2, -0.15) is 17.2 Å². The average molecular weight is 509 g/mol. The van der Waals surface area contributed by atoms with Crippen LogP contribution in [0.25, 0.3) is 10.8 Å². The van der Waals surface area contributed by atoms with Gasteiger partial charge in [-0.3, -0.25) is 9.35 Å². The van der Waals surface area contributed by atoms with Gasteiger partial charge in [-0.15, -0.1) is 0 Å². The molecule has 1 N–H and O–H groups in total. The number of fused-ring (bicyclic) bond motifs is 1. The Morgan fingerprint density at radius 2 is 1.66 bits per heavy atom. The minimum absolute atomic E-state index is 0.111. The van der Waals surface area contributed by atoms with Gasteiger partial charge in [0.2, 0.25) is 0 Å². The Labute approximate surface area is 201 Å². The number of esters is 2. The number of rotatable bonds is 7. The highest BCUT2D eigenvalue weighted by atomic mass is 32.2. The zero-order valence-electron chi connectivity index (χ0n) is 18.9. The van der Waals surface area contributed by atoms with E-state index < -0.39 is 38.8 Å². The third kappa shape index (κ3) is 4.20. The monoisotopic (exact) mass is 508 g/mol. The van der Waals surface area contributed by atoms with E-state index in [1.807, 2.05) is 42.5 Å². The maximum Gasteiger partial charge on any atom is 0.465 e. The second-order valence-electron chi connectivity index (χ2n) is 10.5. The maximum atomic E-state index is 13.7. The van der Waals surface area contributed by atoms with E-state index in [0.29, 0.717) is 32.1 Å². The van der Waals surface area contributed by atoms with E-state index in [4.69, 9.17) is 14.0 Å². The molecule has 7 nitrogen and oxygen atoms in total. The molecule has 4 saturated carbocycles. The fourth-order valence-electron chi connectivity index (χ4n) is 6.98. The van der Waals surface area contributed by atoms with Crippen molar-refractivity contribution >= 4 is 32.8 Å². The van der Waals surface area contributed by atoms with E-state index in [-0.39, 0.29) is 24.4 Å². The van der Waals surface area contributed by atoms with E-state index in [9.17, 15) is 26.8 Å². The molecule has 4 bridgehead atoms. The maximum absolute atomic E-state index is 13.7. The van der Waals surface area contributed by atoms with Gasteiger partial charge in [-0.1, -0.05) is 42.5 Å². The van der Waals surface area contributed by atoms with Crippen LogP contribution in [0.15, 0.2) is 42.5 Å². The Hall–Kier alpha value is -2.59. The molecule has 4 fully saturated rings. The van der Waals surface area contributed by atoms with E-state index in [0.717, 1.165) is 22.8 Å². The van der Waals surface area contributed by atoms with Crippen molar-refractivity contribution in [2.24, 2.45) is 22.7 Å². The molecular formula is C25H26F2O7S. The van der Waals surface area contributed by atoms with Crippen LogP contribution in [0.3, 0.4) is 0 Å². The van der Waals surface area contributed by atoms with Crippen LogP contribution < -0.4 is 0 Å². The summed E-state index contributed by atoms with van der Waals surface area (Å²) in [6, 6.07) is 13.6. The molecule has 188 valence electrons. The number of hydrogen-bond donors (Lipinski definition) is 1. The van der Waals surface area contributed by atoms with Crippen molar-refractivity contribution in [3.63, 3.8) is 0 Å². The van der Waals surface area contributed by atoms with Crippen LogP contribution in [0.5, 0.6) is 0 Å². The highest BCUT2D eigenvalue weighted by molar-refractivity contribution is 7.87. The first-order valence-electron chi connectivity index (χ1n) is 11.6. The Morgan fingerprint density at radius 1 is 1.00 bits per heavy atom. The first-order chi connectivity index (χ1) is 16.4. The quantitative estimate of drug-likeness (QED) is 0.434. The normalized spacial score (nSPS) is 29.8. The Balaban J connectivity index is 1.31. The molecule has 0 aliphatic heterocycles. The van der Waals surface area contributed by atoms with Crippen LogP contribution in [-0.2, 0) is 35.8 Å². The number of halogens is 2. The van der Waals surface area contributed by atoms with Gasteiger partial charge in [0.25, 0.3) is 0 Å². The van der Waals surface area contributed by atoms with Crippen molar-refractivity contribution in [1.29, 1.82) is 0 Å². The second kappa shape index (κ2) is 8.23. The summed E-state index contributed by atoms with van der Waals surface area (Å²) in [5, 5.41) is -3.00. The van der Waals surface area contributed by atoms with Gasteiger partial charge in [0, 0.05) is 5.41 Å². The van der Waals surface area contributed by atoms with Crippen LogP contribution in [0.4, 0.5) is 8.78 Å². The standard InChI is InChI=1S/C25H26F2O7S/c26-25(27,35(30,31)32)22(29)34-15-23-9-16-8-17(10-23)12-24(11-16,14-23)21(28)33-13-19-6-3-5-18-4-1-2-7-20(18)19/h1-7,16-17H,8-15H2,(H,30,31,32). The lowest BCUT2D eigenvalue weighted by molar-refractivity contribution is -0.193. The lowest BCUT2D eigenvalue weighted by Gasteiger charge is -2.60. The molecule has 0 radical (unpaired) electrons. The molecule has 2 atom stereocenters. The van der Waals surface area contributed by atoms with Crippen molar-refractivity contribution in [2.45, 2.75) is 50.4 Å². The molecule has 2 aromatic carbocycles. The fourth-order valence-corrected chi connectivity index (χ4v) is 7.25. The largest absolute Gasteiger partial charge is 0.465 e. The number of alkyl halides is 2. The van der Waals surface area contributed by atoms with Crippen molar-refractivity contribution in [2.75, 3.05) is 6.61 Å². The molecule has 0 saturated heterocycles. The number of ether oxygens (including phenoxy) is 2. The Morgan fingerprint density at radius 3 is 2.34 bits per heavy atom. The van der Waals surface area contributed by atoms with Gasteiger partial charge in [0.05, 0.1) is 12.0 Å². The zero-order chi connectivity index (χ0) is 25.1. The first-order valence-corrected chi connectivity index (χ1v) is 13.0. The van der Waals surface area contributed by atoms with E-state index >= 15 is 0 Å². The van der Waals surface area contributed by atoms with Crippen molar-refractivity contribution in [3.8, 4) is 0 Å². The summed E-state index contributed by atoms with van der Waals surface area (Å²) in [5.74, 6) is -2.30. The van der Waals surface area contributed by atoms with Gasteiger partial charge in [-0.25, -0.2) is 4.79 Å². The predicted molar refractivity (Wildman–Crippen MR) is 121 cm³/mol. The molecule has 0 spiro atoms. The van der Waals surface area contributed by atoms with Gasteiger partial charge in [0.1, 0.15) is 6.61 Å². The number of hydrogen-bond acceptors (Lipinski definition) is 6. The van der Waals surface area contributed by atoms with E-state index in [2.05, 4.69) is 0 Å². The number of benzene rings is 2. The molecule has 2 unspecified atom stereocenters. The fraction of sp³-hybridized carbons (Fsp3) is 0.520. The van der Waals surface area contributed by atoms with E-state index in [1.54, 1.807) is 0 Å². The summed E-state index contributed by atoms with van der Waals surface area (Å²) in [6.45, 7) is -0.317. The third-order valence-corrected chi connectivity index (χ3v) is 8.74. The van der Waals surface area contributed by atoms with Gasteiger partial charge in [-0.05, 0) is 66.7 Å². The topological polar surface area (TPSA) is 107 Å². The van der Waals surface area contributed by atoms with Crippen molar-refractivity contribution < 1.29 is 40.8 Å². The highest BCUT2D eigenvalue weighted by Crippen LogP contribution is 2.65. The summed E-state index contributed by atoms with van der Waals surface area (Å²) < 4.78 is 68.3. The highest BCUT2D eigenvalue weighted by Gasteiger charge is 2.62. The van der Waals surface area contributed by atoms with Crippen molar-refractivity contribution in [1.82, 2.24) is 0 Å². The molecule has 0 heterocycles. The minimum atomic E-state index is -5.94. The molecule has 6 rings (SSSR count). The van der Waals surface area contributed by atoms with Gasteiger partial charge >= 0.3 is 27.3 Å². The SMILES string of the molecule is O=C(OCc1cccc2ccccc12)C12CC3CC(CC(COC(=O)C(F)(F)S(=O)(=O)O)(C3)C1)C2. The molecule has 35 heavy (non-hydrogen) atoms. The first kappa shape index (κ1) is 24.1. The molecule has 4 aliphatic rings.